The number of rotatable bonds is 9. The molecule has 5 heteroatoms. The van der Waals surface area contributed by atoms with Crippen molar-refractivity contribution < 1.29 is 13.2 Å². The summed E-state index contributed by atoms with van der Waals surface area (Å²) in [4.78, 5) is 2.09. The third kappa shape index (κ3) is 9.44. The van der Waals surface area contributed by atoms with Crippen LogP contribution in [0.3, 0.4) is 0 Å². The highest BCUT2D eigenvalue weighted by Gasteiger charge is 2.00. The van der Waals surface area contributed by atoms with Gasteiger partial charge in [0, 0.05) is 19.0 Å². The average molecular weight is 299 g/mol. The summed E-state index contributed by atoms with van der Waals surface area (Å²) in [6, 6.07) is 0. The fourth-order valence-electron chi connectivity index (χ4n) is 1.30. The number of nitrogens with zero attached hydrogens (tertiary/aromatic N) is 1. The Labute approximate surface area is 123 Å². The van der Waals surface area contributed by atoms with E-state index in [1.165, 1.54) is 12.0 Å². The van der Waals surface area contributed by atoms with E-state index in [0.717, 1.165) is 6.54 Å². The molecule has 0 radical (unpaired) electrons. The predicted molar refractivity (Wildman–Crippen MR) is 85.1 cm³/mol. The molecule has 0 aliphatic rings. The largest absolute Gasteiger partial charge is 0.492 e. The van der Waals surface area contributed by atoms with Crippen LogP contribution < -0.4 is 0 Å². The number of allylic oxidation sites excluding steroid dienone is 5. The molecule has 0 unspecified atom stereocenters. The van der Waals surface area contributed by atoms with Crippen molar-refractivity contribution in [2.24, 2.45) is 0 Å². The monoisotopic (exact) mass is 299 g/mol. The molecule has 0 fully saturated rings. The van der Waals surface area contributed by atoms with Gasteiger partial charge in [-0.3, -0.25) is 0 Å². The minimum Gasteiger partial charge on any atom is -0.492 e. The molecule has 0 spiro atoms. The molecule has 0 bridgehead atoms. The molecular formula is C15H25NO3S. The van der Waals surface area contributed by atoms with Gasteiger partial charge in [-0.15, -0.1) is 0 Å². The quantitative estimate of drug-likeness (QED) is 0.485. The molecule has 0 aliphatic heterocycles. The summed E-state index contributed by atoms with van der Waals surface area (Å²) in [6.45, 7) is 8.91. The van der Waals surface area contributed by atoms with Gasteiger partial charge in [-0.2, -0.15) is 0 Å². The van der Waals surface area contributed by atoms with E-state index < -0.39 is 9.84 Å². The highest BCUT2D eigenvalue weighted by atomic mass is 32.2. The summed E-state index contributed by atoms with van der Waals surface area (Å²) in [5.74, 6) is 0.609. The van der Waals surface area contributed by atoms with Crippen LogP contribution in [0.15, 0.2) is 48.4 Å². The first-order valence-electron chi connectivity index (χ1n) is 6.44. The van der Waals surface area contributed by atoms with Gasteiger partial charge in [0.05, 0.1) is 12.3 Å². The van der Waals surface area contributed by atoms with Crippen LogP contribution in [0, 0.1) is 0 Å². The van der Waals surface area contributed by atoms with Gasteiger partial charge in [-0.25, -0.2) is 8.42 Å². The van der Waals surface area contributed by atoms with Crippen molar-refractivity contribution >= 4 is 9.84 Å². The number of hydrogen-bond acceptors (Lipinski definition) is 4. The molecule has 0 amide bonds. The summed E-state index contributed by atoms with van der Waals surface area (Å²) in [5.41, 5.74) is 1.18. The van der Waals surface area contributed by atoms with Crippen LogP contribution in [0.2, 0.25) is 0 Å². The van der Waals surface area contributed by atoms with Crippen molar-refractivity contribution in [1.82, 2.24) is 4.90 Å². The maximum atomic E-state index is 11.0. The number of ether oxygens (including phenoxy) is 1. The first-order valence-corrected chi connectivity index (χ1v) is 8.50. The third-order valence-corrected chi connectivity index (χ3v) is 3.48. The summed E-state index contributed by atoms with van der Waals surface area (Å²) in [7, 11) is -0.999. The SMILES string of the molecule is C=C/C=C(\C=C/CS(C)(=O)=O)OCCN(C)/C(C)=C/C. The van der Waals surface area contributed by atoms with Crippen LogP contribution in [0.1, 0.15) is 13.8 Å². The minimum atomic E-state index is -2.99. The van der Waals surface area contributed by atoms with Crippen LogP contribution in [-0.4, -0.2) is 45.5 Å². The van der Waals surface area contributed by atoms with E-state index in [0.29, 0.717) is 12.4 Å². The van der Waals surface area contributed by atoms with Crippen LogP contribution in [-0.2, 0) is 14.6 Å². The van der Waals surface area contributed by atoms with E-state index in [1.807, 2.05) is 27.0 Å². The lowest BCUT2D eigenvalue weighted by atomic mass is 10.4. The summed E-state index contributed by atoms with van der Waals surface area (Å²) >= 11 is 0. The molecule has 0 N–H and O–H groups in total. The Kier molecular flexibility index (Phi) is 8.72. The Bertz CT molecular complexity index is 487. The van der Waals surface area contributed by atoms with E-state index in [2.05, 4.69) is 11.5 Å². The van der Waals surface area contributed by atoms with Crippen LogP contribution in [0.25, 0.3) is 0 Å². The predicted octanol–water partition coefficient (Wildman–Crippen LogP) is 2.53. The molecule has 20 heavy (non-hydrogen) atoms. The van der Waals surface area contributed by atoms with Crippen molar-refractivity contribution in [3.63, 3.8) is 0 Å². The highest BCUT2D eigenvalue weighted by molar-refractivity contribution is 7.90. The average Bonchev–Trinajstić information content (AvgIpc) is 2.36. The lowest BCUT2D eigenvalue weighted by Crippen LogP contribution is -2.21. The zero-order valence-electron chi connectivity index (χ0n) is 12.8. The second-order valence-electron chi connectivity index (χ2n) is 4.50. The molecular weight excluding hydrogens is 274 g/mol. The van der Waals surface area contributed by atoms with E-state index in [1.54, 1.807) is 24.3 Å². The first-order chi connectivity index (χ1) is 9.30. The van der Waals surface area contributed by atoms with Gasteiger partial charge in [-0.1, -0.05) is 24.8 Å². The molecule has 0 saturated carbocycles. The number of hydrogen-bond donors (Lipinski definition) is 0. The van der Waals surface area contributed by atoms with Crippen LogP contribution in [0.5, 0.6) is 0 Å². The lowest BCUT2D eigenvalue weighted by Gasteiger charge is -2.19. The zero-order valence-corrected chi connectivity index (χ0v) is 13.6. The third-order valence-electron chi connectivity index (χ3n) is 2.68. The highest BCUT2D eigenvalue weighted by Crippen LogP contribution is 2.03. The molecule has 0 aromatic heterocycles. The topological polar surface area (TPSA) is 46.6 Å². The number of sulfone groups is 1. The van der Waals surface area contributed by atoms with Gasteiger partial charge < -0.3 is 9.64 Å². The van der Waals surface area contributed by atoms with E-state index in [-0.39, 0.29) is 5.75 Å². The molecule has 114 valence electrons. The molecule has 0 rings (SSSR count). The second-order valence-corrected chi connectivity index (χ2v) is 6.68. The van der Waals surface area contributed by atoms with E-state index in [4.69, 9.17) is 4.74 Å². The molecule has 0 aromatic carbocycles. The van der Waals surface area contributed by atoms with Crippen molar-refractivity contribution in [3.05, 3.63) is 48.4 Å². The fourth-order valence-corrected chi connectivity index (χ4v) is 1.75. The summed E-state index contributed by atoms with van der Waals surface area (Å²) in [5, 5.41) is 0. The van der Waals surface area contributed by atoms with E-state index in [9.17, 15) is 8.42 Å². The van der Waals surface area contributed by atoms with Gasteiger partial charge in [0.25, 0.3) is 0 Å². The Morgan fingerprint density at radius 3 is 2.55 bits per heavy atom. The van der Waals surface area contributed by atoms with Gasteiger partial charge in [0.1, 0.15) is 12.4 Å². The van der Waals surface area contributed by atoms with Crippen LogP contribution >= 0.6 is 0 Å². The van der Waals surface area contributed by atoms with Gasteiger partial charge in [0.15, 0.2) is 9.84 Å². The van der Waals surface area contributed by atoms with Crippen LogP contribution in [0.4, 0.5) is 0 Å². The molecule has 4 nitrogen and oxygen atoms in total. The maximum Gasteiger partial charge on any atom is 0.151 e. The Hall–Kier alpha value is -1.49. The maximum absolute atomic E-state index is 11.0. The van der Waals surface area contributed by atoms with Crippen molar-refractivity contribution in [2.75, 3.05) is 32.2 Å². The second kappa shape index (κ2) is 9.42. The standard InChI is InChI=1S/C15H25NO3S/c1-6-9-15(10-8-13-20(5,17)18)19-12-11-16(4)14(3)7-2/h6-10H,1,11-13H2,2-5H3/b10-8-,14-7+,15-9+. The normalized spacial score (nSPS) is 13.6. The number of likely N-dealkylation sites (N-methyl/N-ethyl adjacent to an activating group) is 1. The summed E-state index contributed by atoms with van der Waals surface area (Å²) < 4.78 is 27.7. The van der Waals surface area contributed by atoms with Crippen molar-refractivity contribution in [2.45, 2.75) is 13.8 Å². The molecule has 0 aromatic rings. The van der Waals surface area contributed by atoms with Gasteiger partial charge in [-0.05, 0) is 26.0 Å². The summed E-state index contributed by atoms with van der Waals surface area (Å²) in [6.07, 6.45) is 9.79. The molecule has 0 heterocycles. The minimum absolute atomic E-state index is 0.00241. The fraction of sp³-hybridized carbons (Fsp3) is 0.467. The van der Waals surface area contributed by atoms with Crippen molar-refractivity contribution in [1.29, 1.82) is 0 Å². The smallest absolute Gasteiger partial charge is 0.151 e. The Morgan fingerprint density at radius 1 is 1.40 bits per heavy atom. The Morgan fingerprint density at radius 2 is 2.05 bits per heavy atom. The van der Waals surface area contributed by atoms with Crippen molar-refractivity contribution in [3.8, 4) is 0 Å². The lowest BCUT2D eigenvalue weighted by molar-refractivity contribution is 0.195. The van der Waals surface area contributed by atoms with Gasteiger partial charge in [0.2, 0.25) is 0 Å². The molecule has 0 aliphatic carbocycles. The molecule has 0 atom stereocenters. The molecule has 0 saturated heterocycles. The Balaban J connectivity index is 4.37. The zero-order chi connectivity index (χ0) is 15.6. The van der Waals surface area contributed by atoms with Gasteiger partial charge >= 0.3 is 0 Å². The first kappa shape index (κ1) is 18.5. The van der Waals surface area contributed by atoms with E-state index >= 15 is 0 Å².